The Morgan fingerprint density at radius 2 is 2.14 bits per heavy atom. The van der Waals surface area contributed by atoms with Crippen LogP contribution in [0.3, 0.4) is 0 Å². The zero-order valence-electron chi connectivity index (χ0n) is 11.7. The van der Waals surface area contributed by atoms with Gasteiger partial charge in [-0.05, 0) is 25.0 Å². The molecule has 122 valence electrons. The minimum absolute atomic E-state index is 0.0520. The number of hydrogen-bond donors (Lipinski definition) is 0. The zero-order valence-corrected chi connectivity index (χ0v) is 15.6. The van der Waals surface area contributed by atoms with Gasteiger partial charge < -0.3 is 4.74 Å². The van der Waals surface area contributed by atoms with Crippen LogP contribution < -0.4 is 0 Å². The van der Waals surface area contributed by atoms with Gasteiger partial charge in [0, 0.05) is 22.5 Å². The number of hydrogen-bond acceptors (Lipinski definition) is 4. The number of alkyl halides is 1. The monoisotopic (exact) mass is 429 g/mol. The van der Waals surface area contributed by atoms with Crippen LogP contribution in [0.2, 0.25) is 10.0 Å². The molecule has 1 aliphatic rings. The first-order chi connectivity index (χ1) is 10.3. The van der Waals surface area contributed by atoms with Crippen molar-refractivity contribution in [1.29, 1.82) is 0 Å². The predicted octanol–water partition coefficient (Wildman–Crippen LogP) is 3.21. The molecule has 1 aromatic rings. The van der Waals surface area contributed by atoms with E-state index in [2.05, 4.69) is 20.7 Å². The molecule has 0 aliphatic carbocycles. The molecule has 1 aromatic carbocycles. The largest absolute Gasteiger partial charge is 0.468 e. The highest BCUT2D eigenvalue weighted by Gasteiger charge is 2.41. The number of ether oxygens (including phenoxy) is 1. The van der Waals surface area contributed by atoms with Crippen molar-refractivity contribution in [2.45, 2.75) is 29.1 Å². The molecule has 0 unspecified atom stereocenters. The van der Waals surface area contributed by atoms with Crippen molar-refractivity contribution in [3.8, 4) is 0 Å². The number of carbonyl (C=O) groups excluding carboxylic acids is 1. The van der Waals surface area contributed by atoms with Gasteiger partial charge in [0.1, 0.15) is 10.9 Å². The molecule has 9 heteroatoms. The SMILES string of the molecule is COC(=O)[C@@H]1CCCN1S(=O)(=O)c1ccc(Cl)c(CBr)c1Cl. The van der Waals surface area contributed by atoms with E-state index in [4.69, 9.17) is 23.2 Å². The summed E-state index contributed by atoms with van der Waals surface area (Å²) in [7, 11) is -2.66. The van der Waals surface area contributed by atoms with Gasteiger partial charge in [0.2, 0.25) is 10.0 Å². The van der Waals surface area contributed by atoms with E-state index >= 15 is 0 Å². The lowest BCUT2D eigenvalue weighted by atomic mass is 10.2. The van der Waals surface area contributed by atoms with Crippen molar-refractivity contribution in [1.82, 2.24) is 4.31 Å². The smallest absolute Gasteiger partial charge is 0.324 e. The Morgan fingerprint density at radius 1 is 1.45 bits per heavy atom. The first kappa shape index (κ1) is 18.0. The minimum Gasteiger partial charge on any atom is -0.468 e. The van der Waals surface area contributed by atoms with Gasteiger partial charge in [0.15, 0.2) is 0 Å². The van der Waals surface area contributed by atoms with E-state index in [9.17, 15) is 13.2 Å². The lowest BCUT2D eigenvalue weighted by Gasteiger charge is -2.23. The molecule has 1 saturated heterocycles. The molecule has 1 atom stereocenters. The average molecular weight is 431 g/mol. The number of esters is 1. The Balaban J connectivity index is 2.49. The molecule has 0 N–H and O–H groups in total. The second-order valence-corrected chi connectivity index (χ2v) is 7.97. The molecule has 22 heavy (non-hydrogen) atoms. The highest BCUT2D eigenvalue weighted by Crippen LogP contribution is 2.36. The Bertz CT molecular complexity index is 696. The van der Waals surface area contributed by atoms with Crippen molar-refractivity contribution in [3.63, 3.8) is 0 Å². The van der Waals surface area contributed by atoms with E-state index in [1.807, 2.05) is 0 Å². The second-order valence-electron chi connectivity index (χ2n) is 4.77. The van der Waals surface area contributed by atoms with Crippen molar-refractivity contribution in [3.05, 3.63) is 27.7 Å². The molecule has 0 radical (unpaired) electrons. The summed E-state index contributed by atoms with van der Waals surface area (Å²) in [5.41, 5.74) is 0.498. The van der Waals surface area contributed by atoms with E-state index < -0.39 is 22.0 Å². The third kappa shape index (κ3) is 3.14. The van der Waals surface area contributed by atoms with Crippen LogP contribution in [0.1, 0.15) is 18.4 Å². The molecule has 0 amide bonds. The zero-order chi connectivity index (χ0) is 16.5. The van der Waals surface area contributed by atoms with Gasteiger partial charge in [0.05, 0.1) is 12.1 Å². The molecular weight excluding hydrogens is 417 g/mol. The molecule has 2 rings (SSSR count). The van der Waals surface area contributed by atoms with Crippen molar-refractivity contribution in [2.75, 3.05) is 13.7 Å². The maximum Gasteiger partial charge on any atom is 0.324 e. The van der Waals surface area contributed by atoms with E-state index in [1.54, 1.807) is 0 Å². The fraction of sp³-hybridized carbons (Fsp3) is 0.462. The number of nitrogens with zero attached hydrogens (tertiary/aromatic N) is 1. The Morgan fingerprint density at radius 3 is 2.73 bits per heavy atom. The van der Waals surface area contributed by atoms with Gasteiger partial charge in [-0.25, -0.2) is 8.42 Å². The molecule has 1 fully saturated rings. The van der Waals surface area contributed by atoms with Gasteiger partial charge in [-0.2, -0.15) is 4.31 Å². The second kappa shape index (κ2) is 7.05. The van der Waals surface area contributed by atoms with Crippen molar-refractivity contribution >= 4 is 55.1 Å². The standard InChI is InChI=1S/C13H14BrCl2NO4S/c1-21-13(18)10-3-2-6-17(10)22(19,20)11-5-4-9(15)8(7-14)12(11)16/h4-5,10H,2-3,6-7H2,1H3/t10-/m0/s1. The highest BCUT2D eigenvalue weighted by molar-refractivity contribution is 9.08. The number of rotatable bonds is 4. The van der Waals surface area contributed by atoms with E-state index in [0.717, 1.165) is 4.31 Å². The van der Waals surface area contributed by atoms with Crippen LogP contribution in [0.4, 0.5) is 0 Å². The minimum atomic E-state index is -3.90. The van der Waals surface area contributed by atoms with Crippen LogP contribution >= 0.6 is 39.1 Å². The molecule has 0 spiro atoms. The van der Waals surface area contributed by atoms with Gasteiger partial charge in [-0.15, -0.1) is 0 Å². The summed E-state index contributed by atoms with van der Waals surface area (Å²) in [6, 6.07) is 2.04. The molecule has 0 saturated carbocycles. The highest BCUT2D eigenvalue weighted by atomic mass is 79.9. The fourth-order valence-corrected chi connectivity index (χ4v) is 5.86. The van der Waals surface area contributed by atoms with Gasteiger partial charge in [-0.1, -0.05) is 39.1 Å². The van der Waals surface area contributed by atoms with Crippen LogP contribution in [-0.2, 0) is 24.9 Å². The van der Waals surface area contributed by atoms with Crippen LogP contribution in [0, 0.1) is 0 Å². The van der Waals surface area contributed by atoms with E-state index in [-0.39, 0.29) is 16.5 Å². The first-order valence-corrected chi connectivity index (χ1v) is 9.78. The maximum absolute atomic E-state index is 12.8. The summed E-state index contributed by atoms with van der Waals surface area (Å²) in [4.78, 5) is 11.7. The third-order valence-electron chi connectivity index (χ3n) is 3.55. The van der Waals surface area contributed by atoms with E-state index in [1.165, 1.54) is 19.2 Å². The van der Waals surface area contributed by atoms with Gasteiger partial charge >= 0.3 is 5.97 Å². The van der Waals surface area contributed by atoms with Crippen LogP contribution in [0.5, 0.6) is 0 Å². The predicted molar refractivity (Wildman–Crippen MR) is 88.0 cm³/mol. The third-order valence-corrected chi connectivity index (χ3v) is 6.96. The summed E-state index contributed by atoms with van der Waals surface area (Å²) < 4.78 is 31.5. The molecular formula is C13H14BrCl2NO4S. The fourth-order valence-electron chi connectivity index (χ4n) is 2.42. The van der Waals surface area contributed by atoms with Crippen LogP contribution in [-0.4, -0.2) is 38.4 Å². The molecule has 1 aliphatic heterocycles. The first-order valence-electron chi connectivity index (χ1n) is 6.47. The summed E-state index contributed by atoms with van der Waals surface area (Å²) in [5.74, 6) is -0.563. The van der Waals surface area contributed by atoms with Crippen LogP contribution in [0.25, 0.3) is 0 Å². The molecule has 0 bridgehead atoms. The van der Waals surface area contributed by atoms with Gasteiger partial charge in [0.25, 0.3) is 0 Å². The van der Waals surface area contributed by atoms with Crippen molar-refractivity contribution in [2.24, 2.45) is 0 Å². The Kier molecular flexibility index (Phi) is 5.77. The molecule has 0 aromatic heterocycles. The summed E-state index contributed by atoms with van der Waals surface area (Å²) in [6.07, 6.45) is 1.03. The van der Waals surface area contributed by atoms with Crippen LogP contribution in [0.15, 0.2) is 17.0 Å². The van der Waals surface area contributed by atoms with E-state index in [0.29, 0.717) is 28.8 Å². The van der Waals surface area contributed by atoms with Gasteiger partial charge in [-0.3, -0.25) is 4.79 Å². The Labute approximate surface area is 147 Å². The van der Waals surface area contributed by atoms with Crippen molar-refractivity contribution < 1.29 is 17.9 Å². The number of halogens is 3. The summed E-state index contributed by atoms with van der Waals surface area (Å²) in [5, 5.41) is 0.778. The number of benzene rings is 1. The maximum atomic E-state index is 12.8. The Hall–Kier alpha value is -0.340. The quantitative estimate of drug-likeness (QED) is 0.543. The summed E-state index contributed by atoms with van der Waals surface area (Å²) >= 11 is 15.5. The lowest BCUT2D eigenvalue weighted by Crippen LogP contribution is -2.41. The lowest BCUT2D eigenvalue weighted by molar-refractivity contribution is -0.144. The topological polar surface area (TPSA) is 63.7 Å². The molecule has 5 nitrogen and oxygen atoms in total. The number of methoxy groups -OCH3 is 1. The summed E-state index contributed by atoms with van der Waals surface area (Å²) in [6.45, 7) is 0.255. The average Bonchev–Trinajstić information content (AvgIpc) is 2.96. The normalized spacial score (nSPS) is 19.4. The number of sulfonamides is 1. The number of carbonyl (C=O) groups is 1. The molecule has 1 heterocycles.